The Morgan fingerprint density at radius 1 is 1.07 bits per heavy atom. The van der Waals surface area contributed by atoms with E-state index in [9.17, 15) is 0 Å². The summed E-state index contributed by atoms with van der Waals surface area (Å²) >= 11 is 0. The second-order valence-corrected chi connectivity index (χ2v) is 7.20. The van der Waals surface area contributed by atoms with E-state index in [2.05, 4.69) is 68.4 Å². The fourth-order valence-electron chi connectivity index (χ4n) is 2.68. The first-order valence-corrected chi connectivity index (χ1v) is 11.5. The first-order chi connectivity index (χ1) is 14.1. The highest BCUT2D eigenvalue weighted by Crippen LogP contribution is 2.15. The standard InChI is InChI=1S/C13H22N2.C9H15NO.C3H8/c1-4-6-7-8-12-10-9-11(5-2)13(14-3)15-12;1-3-7-11-9-5-4-6-10-8(9)2;1-3-2/h9-10H,4-8H2,1-3H3,(H,14,15);4-5,10H,3,6-7H2,1-2H3;3H2,1-2H3. The van der Waals surface area contributed by atoms with E-state index in [1.807, 2.05) is 20.0 Å². The summed E-state index contributed by atoms with van der Waals surface area (Å²) in [4.78, 5) is 4.62. The highest BCUT2D eigenvalue weighted by Gasteiger charge is 2.03. The number of nitrogens with one attached hydrogen (secondary N) is 2. The van der Waals surface area contributed by atoms with Crippen molar-refractivity contribution in [1.82, 2.24) is 10.3 Å². The van der Waals surface area contributed by atoms with Gasteiger partial charge in [-0.25, -0.2) is 4.98 Å². The summed E-state index contributed by atoms with van der Waals surface area (Å²) in [5.41, 5.74) is 3.66. The fraction of sp³-hybridized carbons (Fsp3) is 0.640. The number of allylic oxidation sites excluding steroid dienone is 2. The molecule has 0 aliphatic carbocycles. The molecule has 0 fully saturated rings. The largest absolute Gasteiger partial charge is 0.492 e. The molecule has 4 heteroatoms. The lowest BCUT2D eigenvalue weighted by Crippen LogP contribution is -2.17. The Hall–Kier alpha value is -1.97. The molecule has 0 atom stereocenters. The Morgan fingerprint density at radius 2 is 1.79 bits per heavy atom. The van der Waals surface area contributed by atoms with Gasteiger partial charge in [0, 0.05) is 19.3 Å². The van der Waals surface area contributed by atoms with Gasteiger partial charge in [0.2, 0.25) is 0 Å². The monoisotopic (exact) mass is 403 g/mol. The topological polar surface area (TPSA) is 46.2 Å². The summed E-state index contributed by atoms with van der Waals surface area (Å²) in [5.74, 6) is 2.03. The van der Waals surface area contributed by atoms with Crippen LogP contribution in [0.3, 0.4) is 0 Å². The van der Waals surface area contributed by atoms with E-state index >= 15 is 0 Å². The zero-order valence-corrected chi connectivity index (χ0v) is 20.0. The Kier molecular flexibility index (Phi) is 16.9. The quantitative estimate of drug-likeness (QED) is 0.454. The molecule has 0 bridgehead atoms. The van der Waals surface area contributed by atoms with Gasteiger partial charge in [0.15, 0.2) is 0 Å². The molecule has 4 nitrogen and oxygen atoms in total. The van der Waals surface area contributed by atoms with Crippen molar-refractivity contribution < 1.29 is 4.74 Å². The first kappa shape index (κ1) is 27.0. The fourth-order valence-corrected chi connectivity index (χ4v) is 2.68. The molecule has 0 aromatic carbocycles. The third-order valence-electron chi connectivity index (χ3n) is 4.28. The second-order valence-electron chi connectivity index (χ2n) is 7.20. The van der Waals surface area contributed by atoms with Gasteiger partial charge >= 0.3 is 0 Å². The van der Waals surface area contributed by atoms with E-state index in [1.54, 1.807) is 0 Å². The molecule has 2 N–H and O–H groups in total. The van der Waals surface area contributed by atoms with E-state index < -0.39 is 0 Å². The lowest BCUT2D eigenvalue weighted by Gasteiger charge is -2.14. The summed E-state index contributed by atoms with van der Waals surface area (Å²) in [5, 5.41) is 6.37. The summed E-state index contributed by atoms with van der Waals surface area (Å²) in [6.45, 7) is 14.5. The van der Waals surface area contributed by atoms with Gasteiger partial charge in [0.05, 0.1) is 12.3 Å². The van der Waals surface area contributed by atoms with Crippen LogP contribution in [-0.2, 0) is 17.6 Å². The van der Waals surface area contributed by atoms with Crippen LogP contribution in [0.1, 0.15) is 84.9 Å². The number of pyridine rings is 1. The Labute approximate surface area is 180 Å². The van der Waals surface area contributed by atoms with E-state index in [0.717, 1.165) is 49.7 Å². The van der Waals surface area contributed by atoms with Gasteiger partial charge in [-0.05, 0) is 50.3 Å². The van der Waals surface area contributed by atoms with Gasteiger partial charge in [0.25, 0.3) is 0 Å². The van der Waals surface area contributed by atoms with Crippen molar-refractivity contribution in [2.24, 2.45) is 0 Å². The number of unbranched alkanes of at least 4 members (excludes halogenated alkanes) is 2. The van der Waals surface area contributed by atoms with Crippen molar-refractivity contribution in [2.75, 3.05) is 25.5 Å². The lowest BCUT2D eigenvalue weighted by atomic mass is 10.1. The maximum atomic E-state index is 5.47. The van der Waals surface area contributed by atoms with E-state index in [0.29, 0.717) is 0 Å². The average Bonchev–Trinajstić information content (AvgIpc) is 2.74. The molecule has 166 valence electrons. The number of anilines is 1. The molecule has 0 spiro atoms. The molecule has 1 aromatic heterocycles. The van der Waals surface area contributed by atoms with Gasteiger partial charge in [-0.2, -0.15) is 0 Å². The van der Waals surface area contributed by atoms with Gasteiger partial charge in [0.1, 0.15) is 11.6 Å². The van der Waals surface area contributed by atoms with Crippen LogP contribution in [0.2, 0.25) is 0 Å². The van der Waals surface area contributed by atoms with Crippen molar-refractivity contribution in [3.8, 4) is 0 Å². The highest BCUT2D eigenvalue weighted by molar-refractivity contribution is 5.44. The molecule has 1 aromatic rings. The van der Waals surface area contributed by atoms with Gasteiger partial charge in [-0.3, -0.25) is 0 Å². The summed E-state index contributed by atoms with van der Waals surface area (Å²) < 4.78 is 5.47. The zero-order chi connectivity index (χ0) is 21.9. The van der Waals surface area contributed by atoms with Crippen LogP contribution in [0.4, 0.5) is 5.82 Å². The average molecular weight is 404 g/mol. The van der Waals surface area contributed by atoms with Crippen LogP contribution in [0.15, 0.2) is 35.7 Å². The summed E-state index contributed by atoms with van der Waals surface area (Å²) in [6, 6.07) is 4.36. The number of hydrogen-bond acceptors (Lipinski definition) is 4. The minimum absolute atomic E-state index is 0.804. The van der Waals surface area contributed by atoms with Crippen LogP contribution >= 0.6 is 0 Å². The molecule has 0 radical (unpaired) electrons. The summed E-state index contributed by atoms with van der Waals surface area (Å²) in [7, 11) is 1.94. The molecule has 2 rings (SSSR count). The number of dihydropyridines is 1. The van der Waals surface area contributed by atoms with Crippen LogP contribution in [-0.4, -0.2) is 25.2 Å². The Bertz CT molecular complexity index is 594. The number of hydrogen-bond donors (Lipinski definition) is 2. The predicted molar refractivity (Wildman–Crippen MR) is 128 cm³/mol. The number of nitrogens with zero attached hydrogens (tertiary/aromatic N) is 1. The Morgan fingerprint density at radius 3 is 2.34 bits per heavy atom. The molecular weight excluding hydrogens is 358 g/mol. The van der Waals surface area contributed by atoms with Crippen LogP contribution in [0.25, 0.3) is 0 Å². The van der Waals surface area contributed by atoms with E-state index in [1.165, 1.54) is 36.9 Å². The molecule has 0 saturated heterocycles. The number of aromatic nitrogens is 1. The van der Waals surface area contributed by atoms with Crippen molar-refractivity contribution in [1.29, 1.82) is 0 Å². The zero-order valence-electron chi connectivity index (χ0n) is 20.0. The third-order valence-corrected chi connectivity index (χ3v) is 4.28. The molecule has 0 amide bonds. The molecule has 29 heavy (non-hydrogen) atoms. The maximum absolute atomic E-state index is 5.47. The Balaban J connectivity index is 0.000000493. The van der Waals surface area contributed by atoms with Crippen LogP contribution in [0.5, 0.6) is 0 Å². The van der Waals surface area contributed by atoms with Crippen molar-refractivity contribution in [3.63, 3.8) is 0 Å². The molecular formula is C25H45N3O. The number of rotatable bonds is 9. The highest BCUT2D eigenvalue weighted by atomic mass is 16.5. The van der Waals surface area contributed by atoms with Gasteiger partial charge in [-0.15, -0.1) is 0 Å². The van der Waals surface area contributed by atoms with Crippen molar-refractivity contribution in [3.05, 3.63) is 47.0 Å². The number of ether oxygens (including phenoxy) is 1. The van der Waals surface area contributed by atoms with E-state index in [4.69, 9.17) is 4.74 Å². The van der Waals surface area contributed by atoms with E-state index in [-0.39, 0.29) is 0 Å². The van der Waals surface area contributed by atoms with Gasteiger partial charge in [-0.1, -0.05) is 66.0 Å². The third kappa shape index (κ3) is 12.2. The van der Waals surface area contributed by atoms with Gasteiger partial charge < -0.3 is 15.4 Å². The second kappa shape index (κ2) is 18.1. The molecule has 2 heterocycles. The minimum Gasteiger partial charge on any atom is -0.492 e. The molecule has 1 aliphatic rings. The normalized spacial score (nSPS) is 12.2. The maximum Gasteiger partial charge on any atom is 0.137 e. The van der Waals surface area contributed by atoms with Crippen molar-refractivity contribution >= 4 is 5.82 Å². The lowest BCUT2D eigenvalue weighted by molar-refractivity contribution is 0.218. The smallest absolute Gasteiger partial charge is 0.137 e. The van der Waals surface area contributed by atoms with Crippen LogP contribution in [0, 0.1) is 0 Å². The van der Waals surface area contributed by atoms with Crippen LogP contribution < -0.4 is 10.6 Å². The van der Waals surface area contributed by atoms with Crippen molar-refractivity contribution in [2.45, 2.75) is 86.5 Å². The predicted octanol–water partition coefficient (Wildman–Crippen LogP) is 6.64. The number of aryl methyl sites for hydroxylation is 2. The molecule has 0 unspecified atom stereocenters. The first-order valence-electron chi connectivity index (χ1n) is 11.5. The summed E-state index contributed by atoms with van der Waals surface area (Å²) in [6.07, 6.45) is 12.4. The minimum atomic E-state index is 0.804. The SMILES string of the molecule is CCC.CCCCCc1ccc(CC)c(NC)n1.CCCOC1=C(C)NCC=C1. The molecule has 0 saturated carbocycles. The molecule has 1 aliphatic heterocycles.